The lowest BCUT2D eigenvalue weighted by molar-refractivity contribution is -0.387. The molecule has 10 nitrogen and oxygen atoms in total. The number of esters is 2. The Labute approximate surface area is 193 Å². The molecule has 0 spiro atoms. The molecule has 2 amide bonds. The largest absolute Gasteiger partial charge is 0.463 e. The lowest BCUT2D eigenvalue weighted by Gasteiger charge is -2.26. The Bertz CT molecular complexity index is 1120. The highest BCUT2D eigenvalue weighted by molar-refractivity contribution is 7.99. The Hall–Kier alpha value is -3.86. The third kappa shape index (κ3) is 5.89. The summed E-state index contributed by atoms with van der Waals surface area (Å²) in [5.74, 6) is -1.49. The van der Waals surface area contributed by atoms with Crippen LogP contribution in [0.3, 0.4) is 0 Å². The molecule has 0 saturated carbocycles. The number of amides is 2. The molecule has 1 aliphatic heterocycles. The standard InChI is InChI=1S/C22H21N3O7S/c1-3-31-21(27)19-13(2)23-22(28)24-16(19)12-32-20(26)14-9-10-18(17(11-14)25(29)30)33-15-7-5-4-6-8-15/h4-11,13H,3,12H2,1-2H3,(H2,23,24,28)/t13-/m0/s1. The van der Waals surface area contributed by atoms with Gasteiger partial charge in [-0.2, -0.15) is 0 Å². The summed E-state index contributed by atoms with van der Waals surface area (Å²) in [4.78, 5) is 48.8. The van der Waals surface area contributed by atoms with Crippen LogP contribution in [0.2, 0.25) is 0 Å². The maximum atomic E-state index is 12.6. The molecule has 3 rings (SSSR count). The summed E-state index contributed by atoms with van der Waals surface area (Å²) in [5.41, 5.74) is -0.0622. The molecule has 2 aromatic rings. The molecule has 0 aromatic heterocycles. The molecule has 1 heterocycles. The Balaban J connectivity index is 1.79. The normalized spacial score (nSPS) is 15.3. The minimum absolute atomic E-state index is 0.0364. The number of carbonyl (C=O) groups excluding carboxylic acids is 3. The number of rotatable bonds is 8. The molecule has 1 atom stereocenters. The summed E-state index contributed by atoms with van der Waals surface area (Å²) in [6.07, 6.45) is 0. The van der Waals surface area contributed by atoms with Crippen molar-refractivity contribution in [2.45, 2.75) is 29.7 Å². The van der Waals surface area contributed by atoms with Gasteiger partial charge < -0.3 is 20.1 Å². The Morgan fingerprint density at radius 2 is 1.85 bits per heavy atom. The fraction of sp³-hybridized carbons (Fsp3) is 0.227. The molecule has 0 fully saturated rings. The van der Waals surface area contributed by atoms with Crippen LogP contribution in [0.1, 0.15) is 24.2 Å². The summed E-state index contributed by atoms with van der Waals surface area (Å²) in [5, 5.41) is 16.6. The molecule has 172 valence electrons. The van der Waals surface area contributed by atoms with E-state index in [0.29, 0.717) is 4.90 Å². The van der Waals surface area contributed by atoms with Crippen molar-refractivity contribution in [2.75, 3.05) is 13.2 Å². The fourth-order valence-electron chi connectivity index (χ4n) is 3.10. The summed E-state index contributed by atoms with van der Waals surface area (Å²) in [6.45, 7) is 2.95. The third-order valence-corrected chi connectivity index (χ3v) is 5.65. The average molecular weight is 471 g/mol. The minimum Gasteiger partial charge on any atom is -0.463 e. The van der Waals surface area contributed by atoms with Gasteiger partial charge in [-0.25, -0.2) is 14.4 Å². The van der Waals surface area contributed by atoms with E-state index in [0.717, 1.165) is 11.0 Å². The lowest BCUT2D eigenvalue weighted by atomic mass is 10.0. The Kier molecular flexibility index (Phi) is 7.67. The smallest absolute Gasteiger partial charge is 0.338 e. The lowest BCUT2D eigenvalue weighted by Crippen LogP contribution is -2.50. The van der Waals surface area contributed by atoms with Crippen LogP contribution < -0.4 is 10.6 Å². The van der Waals surface area contributed by atoms with Gasteiger partial charge in [-0.15, -0.1) is 0 Å². The first-order valence-corrected chi connectivity index (χ1v) is 10.8. The molecule has 2 N–H and O–H groups in total. The van der Waals surface area contributed by atoms with Gasteiger partial charge in [0, 0.05) is 11.0 Å². The Morgan fingerprint density at radius 1 is 1.12 bits per heavy atom. The van der Waals surface area contributed by atoms with Crippen molar-refractivity contribution in [3.8, 4) is 0 Å². The van der Waals surface area contributed by atoms with Crippen molar-refractivity contribution in [1.82, 2.24) is 10.6 Å². The second kappa shape index (κ2) is 10.6. The summed E-state index contributed by atoms with van der Waals surface area (Å²) >= 11 is 1.20. The maximum Gasteiger partial charge on any atom is 0.338 e. The van der Waals surface area contributed by atoms with Crippen LogP contribution in [0.4, 0.5) is 10.5 Å². The molecule has 0 unspecified atom stereocenters. The van der Waals surface area contributed by atoms with Crippen molar-refractivity contribution in [2.24, 2.45) is 0 Å². The highest BCUT2D eigenvalue weighted by Crippen LogP contribution is 2.35. The van der Waals surface area contributed by atoms with Crippen molar-refractivity contribution in [3.05, 3.63) is 75.5 Å². The van der Waals surface area contributed by atoms with E-state index in [1.165, 1.54) is 23.9 Å². The van der Waals surface area contributed by atoms with Gasteiger partial charge in [-0.1, -0.05) is 30.0 Å². The topological polar surface area (TPSA) is 137 Å². The minimum atomic E-state index is -0.842. The highest BCUT2D eigenvalue weighted by atomic mass is 32.2. The van der Waals surface area contributed by atoms with E-state index in [-0.39, 0.29) is 29.1 Å². The molecular weight excluding hydrogens is 450 g/mol. The van der Waals surface area contributed by atoms with Gasteiger partial charge in [0.15, 0.2) is 0 Å². The molecule has 11 heteroatoms. The number of hydrogen-bond donors (Lipinski definition) is 2. The van der Waals surface area contributed by atoms with Crippen molar-refractivity contribution in [3.63, 3.8) is 0 Å². The molecule has 0 saturated heterocycles. The fourth-order valence-corrected chi connectivity index (χ4v) is 4.02. The van der Waals surface area contributed by atoms with E-state index in [1.54, 1.807) is 13.8 Å². The molecule has 33 heavy (non-hydrogen) atoms. The number of nitrogens with one attached hydrogen (secondary N) is 2. The van der Waals surface area contributed by atoms with Crippen LogP contribution in [0, 0.1) is 10.1 Å². The van der Waals surface area contributed by atoms with E-state index in [4.69, 9.17) is 9.47 Å². The van der Waals surface area contributed by atoms with E-state index in [9.17, 15) is 24.5 Å². The molecule has 0 radical (unpaired) electrons. The van der Waals surface area contributed by atoms with Crippen LogP contribution >= 0.6 is 11.8 Å². The quantitative estimate of drug-likeness (QED) is 0.339. The average Bonchev–Trinajstić information content (AvgIpc) is 2.78. The predicted molar refractivity (Wildman–Crippen MR) is 119 cm³/mol. The van der Waals surface area contributed by atoms with Crippen LogP contribution in [0.15, 0.2) is 69.6 Å². The molecule has 0 aliphatic carbocycles. The number of hydrogen-bond acceptors (Lipinski definition) is 8. The van der Waals surface area contributed by atoms with Gasteiger partial charge in [-0.3, -0.25) is 10.1 Å². The number of nitro groups is 1. The molecule has 2 aromatic carbocycles. The number of nitrogens with zero attached hydrogens (tertiary/aromatic N) is 1. The van der Waals surface area contributed by atoms with Crippen LogP contribution in [0.5, 0.6) is 0 Å². The second-order valence-electron chi connectivity index (χ2n) is 6.86. The van der Waals surface area contributed by atoms with Crippen LogP contribution in [0.25, 0.3) is 0 Å². The zero-order valence-electron chi connectivity index (χ0n) is 17.8. The SMILES string of the molecule is CCOC(=O)C1=C(COC(=O)c2ccc(Sc3ccccc3)c([N+](=O)[O-])c2)NC(=O)N[C@H]1C. The molecular formula is C22H21N3O7S. The van der Waals surface area contributed by atoms with Crippen molar-refractivity contribution in [1.29, 1.82) is 0 Å². The van der Waals surface area contributed by atoms with Crippen molar-refractivity contribution < 1.29 is 28.8 Å². The first-order valence-electron chi connectivity index (χ1n) is 9.96. The predicted octanol–water partition coefficient (Wildman–Crippen LogP) is 3.42. The Morgan fingerprint density at radius 3 is 2.52 bits per heavy atom. The number of ether oxygens (including phenoxy) is 2. The highest BCUT2D eigenvalue weighted by Gasteiger charge is 2.30. The number of urea groups is 1. The van der Waals surface area contributed by atoms with Gasteiger partial charge in [-0.05, 0) is 38.1 Å². The van der Waals surface area contributed by atoms with Gasteiger partial charge >= 0.3 is 18.0 Å². The summed E-state index contributed by atoms with van der Waals surface area (Å²) in [7, 11) is 0. The molecule has 1 aliphatic rings. The third-order valence-electron chi connectivity index (χ3n) is 4.58. The maximum absolute atomic E-state index is 12.6. The monoisotopic (exact) mass is 471 g/mol. The number of benzene rings is 2. The van der Waals surface area contributed by atoms with Crippen LogP contribution in [-0.4, -0.2) is 42.1 Å². The van der Waals surface area contributed by atoms with Crippen molar-refractivity contribution >= 4 is 35.4 Å². The van der Waals surface area contributed by atoms with Gasteiger partial charge in [0.2, 0.25) is 0 Å². The summed E-state index contributed by atoms with van der Waals surface area (Å²) < 4.78 is 10.2. The van der Waals surface area contributed by atoms with E-state index in [1.807, 2.05) is 30.3 Å². The van der Waals surface area contributed by atoms with E-state index < -0.39 is 35.5 Å². The van der Waals surface area contributed by atoms with Crippen LogP contribution in [-0.2, 0) is 14.3 Å². The number of carbonyl (C=O) groups is 3. The second-order valence-corrected chi connectivity index (χ2v) is 7.98. The first-order chi connectivity index (χ1) is 15.8. The summed E-state index contributed by atoms with van der Waals surface area (Å²) in [6, 6.07) is 11.9. The van der Waals surface area contributed by atoms with Gasteiger partial charge in [0.1, 0.15) is 6.61 Å². The zero-order valence-corrected chi connectivity index (χ0v) is 18.6. The zero-order chi connectivity index (χ0) is 24.0. The van der Waals surface area contributed by atoms with E-state index >= 15 is 0 Å². The number of nitro benzene ring substituents is 1. The molecule has 0 bridgehead atoms. The van der Waals surface area contributed by atoms with Gasteiger partial charge in [0.05, 0.1) is 39.3 Å². The first kappa shape index (κ1) is 23.8. The van der Waals surface area contributed by atoms with E-state index in [2.05, 4.69) is 10.6 Å². The van der Waals surface area contributed by atoms with Gasteiger partial charge in [0.25, 0.3) is 5.69 Å².